The van der Waals surface area contributed by atoms with Gasteiger partial charge in [0.05, 0.1) is 0 Å². The van der Waals surface area contributed by atoms with Crippen LogP contribution >= 0.6 is 0 Å². The zero-order chi connectivity index (χ0) is 12.3. The normalized spacial score (nSPS) is 12.2. The van der Waals surface area contributed by atoms with Crippen LogP contribution in [0.5, 0.6) is 0 Å². The first-order chi connectivity index (χ1) is 7.47. The number of aromatic amines is 1. The highest BCUT2D eigenvalue weighted by molar-refractivity contribution is 5.93. The molecule has 1 atom stereocenters. The van der Waals surface area contributed by atoms with Crippen molar-refractivity contribution in [2.24, 2.45) is 0 Å². The van der Waals surface area contributed by atoms with Crippen molar-refractivity contribution < 1.29 is 4.79 Å². The number of pyridine rings is 1. The van der Waals surface area contributed by atoms with E-state index in [-0.39, 0.29) is 22.9 Å². The highest BCUT2D eigenvalue weighted by Crippen LogP contribution is 2.05. The van der Waals surface area contributed by atoms with Crippen LogP contribution in [0.1, 0.15) is 36.3 Å². The van der Waals surface area contributed by atoms with E-state index in [1.165, 1.54) is 12.3 Å². The van der Waals surface area contributed by atoms with Crippen LogP contribution in [-0.2, 0) is 0 Å². The van der Waals surface area contributed by atoms with Gasteiger partial charge in [-0.3, -0.25) is 9.59 Å². The van der Waals surface area contributed by atoms with Gasteiger partial charge < -0.3 is 9.88 Å². The quantitative estimate of drug-likeness (QED) is 0.843. The summed E-state index contributed by atoms with van der Waals surface area (Å²) in [6.07, 6.45) is 2.35. The molecule has 1 heterocycles. The average molecular weight is 222 g/mol. The molecule has 0 aliphatic carbocycles. The van der Waals surface area contributed by atoms with Crippen LogP contribution in [0, 0.1) is 6.92 Å². The van der Waals surface area contributed by atoms with Gasteiger partial charge in [0.25, 0.3) is 5.91 Å². The van der Waals surface area contributed by atoms with Gasteiger partial charge in [-0.1, -0.05) is 6.92 Å². The van der Waals surface area contributed by atoms with Gasteiger partial charge in [0, 0.05) is 31.0 Å². The van der Waals surface area contributed by atoms with Gasteiger partial charge in [-0.15, -0.1) is 0 Å². The van der Waals surface area contributed by atoms with Crippen molar-refractivity contribution in [2.75, 3.05) is 7.05 Å². The van der Waals surface area contributed by atoms with E-state index >= 15 is 0 Å². The fourth-order valence-corrected chi connectivity index (χ4v) is 1.40. The topological polar surface area (TPSA) is 53.2 Å². The maximum atomic E-state index is 12.0. The van der Waals surface area contributed by atoms with Crippen molar-refractivity contribution in [3.8, 4) is 0 Å². The van der Waals surface area contributed by atoms with Crippen LogP contribution < -0.4 is 5.43 Å². The van der Waals surface area contributed by atoms with Gasteiger partial charge in [0.2, 0.25) is 0 Å². The molecule has 4 heteroatoms. The molecule has 1 rings (SSSR count). The number of H-pyrrole nitrogens is 1. The number of hydrogen-bond acceptors (Lipinski definition) is 2. The summed E-state index contributed by atoms with van der Waals surface area (Å²) in [5.41, 5.74) is 0.734. The van der Waals surface area contributed by atoms with E-state index in [0.717, 1.165) is 12.1 Å². The lowest BCUT2D eigenvalue weighted by atomic mass is 10.1. The fraction of sp³-hybridized carbons (Fsp3) is 0.500. The second-order valence-electron chi connectivity index (χ2n) is 4.07. The van der Waals surface area contributed by atoms with Crippen LogP contribution in [-0.4, -0.2) is 28.9 Å². The summed E-state index contributed by atoms with van der Waals surface area (Å²) in [7, 11) is 1.72. The Bertz CT molecular complexity index is 437. The lowest BCUT2D eigenvalue weighted by molar-refractivity contribution is 0.0739. The number of nitrogens with one attached hydrogen (secondary N) is 1. The lowest BCUT2D eigenvalue weighted by Gasteiger charge is -2.23. The van der Waals surface area contributed by atoms with Crippen LogP contribution in [0.2, 0.25) is 0 Å². The number of carbonyl (C=O) groups is 1. The number of amides is 1. The molecular formula is C12H18N2O2. The summed E-state index contributed by atoms with van der Waals surface area (Å²) in [6.45, 7) is 5.75. The highest BCUT2D eigenvalue weighted by Gasteiger charge is 2.18. The Hall–Kier alpha value is -1.58. The molecule has 0 aliphatic rings. The molecule has 1 aromatic heterocycles. The predicted octanol–water partition coefficient (Wildman–Crippen LogP) is 1.55. The summed E-state index contributed by atoms with van der Waals surface area (Å²) in [5, 5.41) is 0. The van der Waals surface area contributed by atoms with Crippen LogP contribution in [0.4, 0.5) is 0 Å². The standard InChI is InChI=1S/C12H18N2O2/c1-5-9(3)14(4)12(16)10-7-13-8(2)6-11(10)15/h6-7,9H,5H2,1-4H3,(H,13,15). The molecule has 0 saturated heterocycles. The van der Waals surface area contributed by atoms with E-state index in [2.05, 4.69) is 4.98 Å². The van der Waals surface area contributed by atoms with Crippen LogP contribution in [0.15, 0.2) is 17.1 Å². The molecular weight excluding hydrogens is 204 g/mol. The third-order valence-corrected chi connectivity index (χ3v) is 2.86. The fourth-order valence-electron chi connectivity index (χ4n) is 1.40. The Kier molecular flexibility index (Phi) is 3.88. The molecule has 88 valence electrons. The molecule has 0 radical (unpaired) electrons. The Balaban J connectivity index is 3.01. The monoisotopic (exact) mass is 222 g/mol. The summed E-state index contributed by atoms with van der Waals surface area (Å²) >= 11 is 0. The second-order valence-corrected chi connectivity index (χ2v) is 4.07. The number of hydrogen-bond donors (Lipinski definition) is 1. The second kappa shape index (κ2) is 4.96. The van der Waals surface area contributed by atoms with E-state index in [0.29, 0.717) is 0 Å². The Morgan fingerprint density at radius 3 is 2.69 bits per heavy atom. The summed E-state index contributed by atoms with van der Waals surface area (Å²) in [6, 6.07) is 1.57. The summed E-state index contributed by atoms with van der Waals surface area (Å²) in [4.78, 5) is 28.1. The molecule has 4 nitrogen and oxygen atoms in total. The first kappa shape index (κ1) is 12.5. The Morgan fingerprint density at radius 1 is 1.56 bits per heavy atom. The molecule has 0 fully saturated rings. The zero-order valence-electron chi connectivity index (χ0n) is 10.2. The van der Waals surface area contributed by atoms with Crippen LogP contribution in [0.3, 0.4) is 0 Å². The largest absolute Gasteiger partial charge is 0.364 e. The Morgan fingerprint density at radius 2 is 2.19 bits per heavy atom. The molecule has 0 saturated carbocycles. The van der Waals surface area contributed by atoms with E-state index in [4.69, 9.17) is 0 Å². The van der Waals surface area contributed by atoms with Gasteiger partial charge >= 0.3 is 0 Å². The zero-order valence-corrected chi connectivity index (χ0v) is 10.2. The van der Waals surface area contributed by atoms with Gasteiger partial charge in [-0.05, 0) is 20.3 Å². The van der Waals surface area contributed by atoms with E-state index in [9.17, 15) is 9.59 Å². The molecule has 0 aromatic carbocycles. The van der Waals surface area contributed by atoms with Crippen molar-refractivity contribution in [1.29, 1.82) is 0 Å². The van der Waals surface area contributed by atoms with Gasteiger partial charge in [0.15, 0.2) is 5.43 Å². The summed E-state index contributed by atoms with van der Waals surface area (Å²) in [5.74, 6) is -0.226. The molecule has 1 amide bonds. The highest BCUT2D eigenvalue weighted by atomic mass is 16.2. The molecule has 1 unspecified atom stereocenters. The van der Waals surface area contributed by atoms with Crippen molar-refractivity contribution in [3.05, 3.63) is 33.7 Å². The third kappa shape index (κ3) is 2.51. The van der Waals surface area contributed by atoms with Crippen molar-refractivity contribution in [1.82, 2.24) is 9.88 Å². The first-order valence-corrected chi connectivity index (χ1v) is 5.43. The molecule has 0 aliphatic heterocycles. The van der Waals surface area contributed by atoms with Gasteiger partial charge in [0.1, 0.15) is 5.56 Å². The molecule has 0 spiro atoms. The van der Waals surface area contributed by atoms with E-state index < -0.39 is 0 Å². The minimum atomic E-state index is -0.226. The van der Waals surface area contributed by atoms with E-state index in [1.54, 1.807) is 18.9 Å². The molecule has 1 N–H and O–H groups in total. The maximum Gasteiger partial charge on any atom is 0.259 e. The minimum Gasteiger partial charge on any atom is -0.364 e. The summed E-state index contributed by atoms with van der Waals surface area (Å²) < 4.78 is 0. The maximum absolute atomic E-state index is 12.0. The van der Waals surface area contributed by atoms with Gasteiger partial charge in [-0.25, -0.2) is 0 Å². The van der Waals surface area contributed by atoms with Crippen LogP contribution in [0.25, 0.3) is 0 Å². The minimum absolute atomic E-state index is 0.133. The van der Waals surface area contributed by atoms with Crippen molar-refractivity contribution in [3.63, 3.8) is 0 Å². The number of aromatic nitrogens is 1. The third-order valence-electron chi connectivity index (χ3n) is 2.86. The number of aryl methyl sites for hydroxylation is 1. The SMILES string of the molecule is CCC(C)N(C)C(=O)c1c[nH]c(C)cc1=O. The first-order valence-electron chi connectivity index (χ1n) is 5.43. The number of nitrogens with zero attached hydrogens (tertiary/aromatic N) is 1. The number of rotatable bonds is 3. The van der Waals surface area contributed by atoms with Gasteiger partial charge in [-0.2, -0.15) is 0 Å². The lowest BCUT2D eigenvalue weighted by Crippen LogP contribution is -2.37. The molecule has 1 aromatic rings. The molecule has 16 heavy (non-hydrogen) atoms. The predicted molar refractivity (Wildman–Crippen MR) is 63.6 cm³/mol. The molecule has 0 bridgehead atoms. The van der Waals surface area contributed by atoms with Crippen molar-refractivity contribution in [2.45, 2.75) is 33.2 Å². The van der Waals surface area contributed by atoms with Crippen molar-refractivity contribution >= 4 is 5.91 Å². The average Bonchev–Trinajstić information content (AvgIpc) is 2.26. The van der Waals surface area contributed by atoms with E-state index in [1.807, 2.05) is 13.8 Å². The number of carbonyl (C=O) groups excluding carboxylic acids is 1. The Labute approximate surface area is 95.3 Å². The smallest absolute Gasteiger partial charge is 0.259 e.